The first-order valence-corrected chi connectivity index (χ1v) is 8.53. The van der Waals surface area contributed by atoms with Gasteiger partial charge in [-0.15, -0.1) is 0 Å². The van der Waals surface area contributed by atoms with E-state index in [1.807, 2.05) is 6.92 Å². The van der Waals surface area contributed by atoms with E-state index in [0.29, 0.717) is 29.4 Å². The molecule has 1 aliphatic heterocycles. The lowest BCUT2D eigenvalue weighted by molar-refractivity contribution is -0.123. The van der Waals surface area contributed by atoms with Gasteiger partial charge in [0.25, 0.3) is 5.91 Å². The number of esters is 1. The molecule has 0 saturated heterocycles. The molecule has 1 aliphatic rings. The minimum Gasteiger partial charge on any atom is -0.480 e. The molecule has 27 heavy (non-hydrogen) atoms. The Bertz CT molecular complexity index is 851. The van der Waals surface area contributed by atoms with Crippen molar-refractivity contribution in [2.24, 2.45) is 0 Å². The van der Waals surface area contributed by atoms with E-state index in [-0.39, 0.29) is 25.0 Å². The van der Waals surface area contributed by atoms with Gasteiger partial charge in [-0.05, 0) is 42.8 Å². The van der Waals surface area contributed by atoms with Crippen LogP contribution in [-0.2, 0) is 14.3 Å². The molecule has 1 aromatic heterocycles. The molecule has 0 aliphatic carbocycles. The smallest absolute Gasteiger partial charge is 0.338 e. The number of hydrogen-bond donors (Lipinski definition) is 1. The van der Waals surface area contributed by atoms with Crippen LogP contribution < -0.4 is 15.0 Å². The van der Waals surface area contributed by atoms with Gasteiger partial charge >= 0.3 is 5.97 Å². The fourth-order valence-electron chi connectivity index (χ4n) is 2.51. The molecule has 140 valence electrons. The SMILES string of the molecule is CCCOC(=O)c1ccc(NC(=O)CN2C(=O)COc3cccnc32)cc1. The maximum atomic E-state index is 12.3. The summed E-state index contributed by atoms with van der Waals surface area (Å²) in [6.07, 6.45) is 2.28. The second-order valence-corrected chi connectivity index (χ2v) is 5.86. The van der Waals surface area contributed by atoms with Crippen LogP contribution in [0.25, 0.3) is 0 Å². The molecule has 0 unspecified atom stereocenters. The predicted molar refractivity (Wildman–Crippen MR) is 97.7 cm³/mol. The summed E-state index contributed by atoms with van der Waals surface area (Å²) in [6.45, 7) is 1.95. The van der Waals surface area contributed by atoms with Crippen molar-refractivity contribution < 1.29 is 23.9 Å². The summed E-state index contributed by atoms with van der Waals surface area (Å²) in [6, 6.07) is 9.74. The number of nitrogens with zero attached hydrogens (tertiary/aromatic N) is 2. The number of ether oxygens (including phenoxy) is 2. The summed E-state index contributed by atoms with van der Waals surface area (Å²) in [5.74, 6) is -0.359. The van der Waals surface area contributed by atoms with Gasteiger partial charge in [0, 0.05) is 11.9 Å². The van der Waals surface area contributed by atoms with Crippen molar-refractivity contribution in [3.8, 4) is 5.75 Å². The number of rotatable bonds is 6. The fraction of sp³-hybridized carbons (Fsp3) is 0.263. The number of carbonyl (C=O) groups excluding carboxylic acids is 3. The van der Waals surface area contributed by atoms with E-state index in [2.05, 4.69) is 10.3 Å². The monoisotopic (exact) mass is 369 g/mol. The van der Waals surface area contributed by atoms with Gasteiger partial charge < -0.3 is 14.8 Å². The van der Waals surface area contributed by atoms with Crippen LogP contribution in [-0.4, -0.2) is 42.5 Å². The third-order valence-electron chi connectivity index (χ3n) is 3.80. The Kier molecular flexibility index (Phi) is 5.65. The zero-order valence-electron chi connectivity index (χ0n) is 14.8. The molecule has 3 rings (SSSR count). The number of fused-ring (bicyclic) bond motifs is 1. The van der Waals surface area contributed by atoms with E-state index in [4.69, 9.17) is 9.47 Å². The predicted octanol–water partition coefficient (Wildman–Crippen LogP) is 2.01. The standard InChI is InChI=1S/C19H19N3O5/c1-2-10-26-19(25)13-5-7-14(8-6-13)21-16(23)11-22-17(24)12-27-15-4-3-9-20-18(15)22/h3-9H,2,10-12H2,1H3,(H,21,23). The fourth-order valence-corrected chi connectivity index (χ4v) is 2.51. The lowest BCUT2D eigenvalue weighted by Crippen LogP contribution is -2.43. The van der Waals surface area contributed by atoms with Crippen molar-refractivity contribution in [3.63, 3.8) is 0 Å². The van der Waals surface area contributed by atoms with Crippen molar-refractivity contribution in [2.75, 3.05) is 30.0 Å². The molecule has 0 atom stereocenters. The molecule has 0 saturated carbocycles. The Balaban J connectivity index is 1.63. The zero-order valence-corrected chi connectivity index (χ0v) is 14.8. The van der Waals surface area contributed by atoms with Crippen LogP contribution in [0.15, 0.2) is 42.6 Å². The number of hydrogen-bond acceptors (Lipinski definition) is 6. The minimum atomic E-state index is -0.406. The van der Waals surface area contributed by atoms with Crippen molar-refractivity contribution in [3.05, 3.63) is 48.2 Å². The molecule has 8 nitrogen and oxygen atoms in total. The van der Waals surface area contributed by atoms with Gasteiger partial charge in [0.2, 0.25) is 5.91 Å². The Morgan fingerprint density at radius 3 is 2.78 bits per heavy atom. The number of nitrogens with one attached hydrogen (secondary N) is 1. The number of carbonyl (C=O) groups is 3. The number of benzene rings is 1. The summed E-state index contributed by atoms with van der Waals surface area (Å²) in [7, 11) is 0. The molecule has 0 spiro atoms. The van der Waals surface area contributed by atoms with Crippen LogP contribution in [0.2, 0.25) is 0 Å². The highest BCUT2D eigenvalue weighted by atomic mass is 16.5. The molecule has 0 bridgehead atoms. The average molecular weight is 369 g/mol. The number of aromatic nitrogens is 1. The van der Waals surface area contributed by atoms with Gasteiger partial charge in [0.05, 0.1) is 12.2 Å². The Morgan fingerprint density at radius 2 is 2.04 bits per heavy atom. The van der Waals surface area contributed by atoms with Gasteiger partial charge in [-0.2, -0.15) is 0 Å². The van der Waals surface area contributed by atoms with E-state index >= 15 is 0 Å². The summed E-state index contributed by atoms with van der Waals surface area (Å²) in [5.41, 5.74) is 0.914. The number of pyridine rings is 1. The van der Waals surface area contributed by atoms with Crippen molar-refractivity contribution >= 4 is 29.3 Å². The molecular formula is C19H19N3O5. The van der Waals surface area contributed by atoms with Crippen molar-refractivity contribution in [2.45, 2.75) is 13.3 Å². The van der Waals surface area contributed by atoms with E-state index in [0.717, 1.165) is 6.42 Å². The largest absolute Gasteiger partial charge is 0.480 e. The molecule has 2 heterocycles. The maximum absolute atomic E-state index is 12.3. The third-order valence-corrected chi connectivity index (χ3v) is 3.80. The van der Waals surface area contributed by atoms with Crippen molar-refractivity contribution in [1.29, 1.82) is 0 Å². The first-order valence-electron chi connectivity index (χ1n) is 8.53. The lowest BCUT2D eigenvalue weighted by atomic mass is 10.2. The first kappa shape index (κ1) is 18.4. The van der Waals surface area contributed by atoms with Crippen LogP contribution in [0.5, 0.6) is 5.75 Å². The number of anilines is 2. The van der Waals surface area contributed by atoms with E-state index in [1.54, 1.807) is 36.4 Å². The highest BCUT2D eigenvalue weighted by Crippen LogP contribution is 2.28. The highest BCUT2D eigenvalue weighted by molar-refractivity contribution is 6.04. The summed E-state index contributed by atoms with van der Waals surface area (Å²) < 4.78 is 10.4. The molecule has 2 amide bonds. The summed E-state index contributed by atoms with van der Waals surface area (Å²) in [4.78, 5) is 41.6. The van der Waals surface area contributed by atoms with Crippen LogP contribution >= 0.6 is 0 Å². The van der Waals surface area contributed by atoms with E-state index in [9.17, 15) is 14.4 Å². The molecule has 8 heteroatoms. The normalized spacial score (nSPS) is 12.8. The minimum absolute atomic E-state index is 0.138. The molecule has 2 aromatic rings. The quantitative estimate of drug-likeness (QED) is 0.782. The van der Waals surface area contributed by atoms with E-state index < -0.39 is 5.97 Å². The van der Waals surface area contributed by atoms with Gasteiger partial charge in [-0.1, -0.05) is 6.92 Å². The van der Waals surface area contributed by atoms with Crippen LogP contribution in [0.4, 0.5) is 11.5 Å². The second-order valence-electron chi connectivity index (χ2n) is 5.86. The summed E-state index contributed by atoms with van der Waals surface area (Å²) in [5, 5.41) is 2.70. The molecule has 0 radical (unpaired) electrons. The van der Waals surface area contributed by atoms with Gasteiger partial charge in [-0.25, -0.2) is 9.78 Å². The maximum Gasteiger partial charge on any atom is 0.338 e. The molecule has 1 aromatic carbocycles. The van der Waals surface area contributed by atoms with Crippen LogP contribution in [0.3, 0.4) is 0 Å². The third kappa shape index (κ3) is 4.41. The summed E-state index contributed by atoms with van der Waals surface area (Å²) >= 11 is 0. The Morgan fingerprint density at radius 1 is 1.26 bits per heavy atom. The highest BCUT2D eigenvalue weighted by Gasteiger charge is 2.28. The average Bonchev–Trinajstić information content (AvgIpc) is 2.69. The second kappa shape index (κ2) is 8.31. The first-order chi connectivity index (χ1) is 13.1. The topological polar surface area (TPSA) is 97.8 Å². The van der Waals surface area contributed by atoms with Gasteiger partial charge in [0.1, 0.15) is 6.54 Å². The van der Waals surface area contributed by atoms with Crippen LogP contribution in [0.1, 0.15) is 23.7 Å². The van der Waals surface area contributed by atoms with Crippen molar-refractivity contribution in [1.82, 2.24) is 4.98 Å². The van der Waals surface area contributed by atoms with Gasteiger partial charge in [-0.3, -0.25) is 14.5 Å². The van der Waals surface area contributed by atoms with Gasteiger partial charge in [0.15, 0.2) is 18.2 Å². The Labute approximate surface area is 156 Å². The number of amides is 2. The van der Waals surface area contributed by atoms with Crippen LogP contribution in [0, 0.1) is 0 Å². The molecule has 0 fully saturated rings. The lowest BCUT2D eigenvalue weighted by Gasteiger charge is -2.27. The Hall–Kier alpha value is -3.42. The molecular weight excluding hydrogens is 350 g/mol. The zero-order chi connectivity index (χ0) is 19.2. The molecule has 1 N–H and O–H groups in total. The van der Waals surface area contributed by atoms with E-state index in [1.165, 1.54) is 11.1 Å².